The van der Waals surface area contributed by atoms with Crippen LogP contribution in [0.3, 0.4) is 0 Å². The van der Waals surface area contributed by atoms with Crippen LogP contribution in [0, 0.1) is 0 Å². The number of anilines is 1. The normalized spacial score (nSPS) is 23.3. The van der Waals surface area contributed by atoms with E-state index in [-0.39, 0.29) is 17.3 Å². The molecule has 1 aromatic carbocycles. The number of piperazine rings is 1. The summed E-state index contributed by atoms with van der Waals surface area (Å²) in [6.07, 6.45) is 2.30. The Morgan fingerprint density at radius 2 is 1.61 bits per heavy atom. The Labute approximate surface area is 187 Å². The van der Waals surface area contributed by atoms with Crippen LogP contribution in [0.1, 0.15) is 72.8 Å². The van der Waals surface area contributed by atoms with Crippen molar-refractivity contribution in [2.45, 2.75) is 84.0 Å². The molecule has 2 saturated heterocycles. The van der Waals surface area contributed by atoms with Crippen LogP contribution in [-0.2, 0) is 14.0 Å². The highest BCUT2D eigenvalue weighted by Gasteiger charge is 2.52. The molecular weight excluding hydrogens is 391 g/mol. The van der Waals surface area contributed by atoms with Crippen molar-refractivity contribution in [1.82, 2.24) is 4.90 Å². The van der Waals surface area contributed by atoms with E-state index in [2.05, 4.69) is 50.8 Å². The van der Waals surface area contributed by atoms with Gasteiger partial charge < -0.3 is 23.8 Å². The number of rotatable bonds is 3. The molecular formula is C24H37BN2O4. The smallest absolute Gasteiger partial charge is 0.444 e. The van der Waals surface area contributed by atoms with Gasteiger partial charge in [0.15, 0.2) is 0 Å². The first-order chi connectivity index (χ1) is 14.4. The van der Waals surface area contributed by atoms with Crippen LogP contribution in [0.15, 0.2) is 18.2 Å². The number of carbonyl (C=O) groups is 1. The molecule has 0 radical (unpaired) electrons. The molecule has 1 aliphatic carbocycles. The Bertz CT molecular complexity index is 820. The van der Waals surface area contributed by atoms with Crippen LogP contribution in [0.4, 0.5) is 10.5 Å². The van der Waals surface area contributed by atoms with Gasteiger partial charge in [0.25, 0.3) is 0 Å². The quantitative estimate of drug-likeness (QED) is 0.684. The van der Waals surface area contributed by atoms with Gasteiger partial charge in [-0.15, -0.1) is 0 Å². The molecule has 6 nitrogen and oxygen atoms in total. The third-order valence-electron chi connectivity index (χ3n) is 6.88. The van der Waals surface area contributed by atoms with E-state index in [9.17, 15) is 4.79 Å². The van der Waals surface area contributed by atoms with Gasteiger partial charge in [-0.05, 0) is 78.9 Å². The van der Waals surface area contributed by atoms with Gasteiger partial charge in [-0.25, -0.2) is 4.79 Å². The first-order valence-corrected chi connectivity index (χ1v) is 11.6. The largest absolute Gasteiger partial charge is 0.496 e. The second kappa shape index (κ2) is 7.70. The lowest BCUT2D eigenvalue weighted by atomic mass is 9.76. The minimum atomic E-state index is -0.475. The number of carbonyl (C=O) groups excluding carboxylic acids is 1. The van der Waals surface area contributed by atoms with Crippen molar-refractivity contribution in [3.8, 4) is 0 Å². The van der Waals surface area contributed by atoms with Gasteiger partial charge in [0.1, 0.15) is 5.60 Å². The van der Waals surface area contributed by atoms with Gasteiger partial charge in [0, 0.05) is 37.3 Å². The minimum Gasteiger partial charge on any atom is -0.444 e. The fourth-order valence-corrected chi connectivity index (χ4v) is 4.13. The maximum absolute atomic E-state index is 12.5. The maximum atomic E-state index is 12.5. The van der Waals surface area contributed by atoms with Crippen molar-refractivity contribution in [3.05, 3.63) is 23.8 Å². The third-order valence-corrected chi connectivity index (χ3v) is 6.88. The minimum absolute atomic E-state index is 0.231. The summed E-state index contributed by atoms with van der Waals surface area (Å²) in [4.78, 5) is 16.6. The molecule has 2 aliphatic heterocycles. The monoisotopic (exact) mass is 428 g/mol. The average molecular weight is 428 g/mol. The van der Waals surface area contributed by atoms with E-state index in [1.807, 2.05) is 20.8 Å². The summed E-state index contributed by atoms with van der Waals surface area (Å²) in [5, 5.41) is 0. The molecule has 7 heteroatoms. The third kappa shape index (κ3) is 4.72. The van der Waals surface area contributed by atoms with Crippen molar-refractivity contribution in [2.75, 3.05) is 31.1 Å². The van der Waals surface area contributed by atoms with Gasteiger partial charge >= 0.3 is 13.2 Å². The van der Waals surface area contributed by atoms with E-state index in [1.165, 1.54) is 24.1 Å². The Hall–Kier alpha value is -1.73. The van der Waals surface area contributed by atoms with Crippen LogP contribution >= 0.6 is 0 Å². The Morgan fingerprint density at radius 3 is 2.13 bits per heavy atom. The fraction of sp³-hybridized carbons (Fsp3) is 0.708. The van der Waals surface area contributed by atoms with Crippen LogP contribution in [0.2, 0.25) is 0 Å². The zero-order chi connectivity index (χ0) is 22.6. The van der Waals surface area contributed by atoms with E-state index >= 15 is 0 Å². The summed E-state index contributed by atoms with van der Waals surface area (Å²) in [6, 6.07) is 6.74. The van der Waals surface area contributed by atoms with E-state index < -0.39 is 12.7 Å². The van der Waals surface area contributed by atoms with Gasteiger partial charge in [0.05, 0.1) is 11.2 Å². The molecule has 3 fully saturated rings. The lowest BCUT2D eigenvalue weighted by Crippen LogP contribution is -2.52. The molecule has 1 amide bonds. The molecule has 2 heterocycles. The fourth-order valence-electron chi connectivity index (χ4n) is 4.13. The topological polar surface area (TPSA) is 51.2 Å². The van der Waals surface area contributed by atoms with Crippen molar-refractivity contribution in [1.29, 1.82) is 0 Å². The summed E-state index contributed by atoms with van der Waals surface area (Å²) in [5.74, 6) is 0.675. The molecule has 1 aromatic rings. The van der Waals surface area contributed by atoms with E-state index in [0.717, 1.165) is 18.6 Å². The van der Waals surface area contributed by atoms with Gasteiger partial charge in [0.2, 0.25) is 0 Å². The number of benzene rings is 1. The lowest BCUT2D eigenvalue weighted by molar-refractivity contribution is 0.00578. The molecule has 170 valence electrons. The maximum Gasteiger partial charge on any atom is 0.496 e. The first-order valence-electron chi connectivity index (χ1n) is 11.6. The molecule has 0 bridgehead atoms. The Kier molecular flexibility index (Phi) is 5.58. The van der Waals surface area contributed by atoms with Crippen molar-refractivity contribution in [2.24, 2.45) is 0 Å². The van der Waals surface area contributed by atoms with E-state index in [1.54, 1.807) is 4.90 Å². The molecule has 31 heavy (non-hydrogen) atoms. The highest BCUT2D eigenvalue weighted by atomic mass is 16.7. The van der Waals surface area contributed by atoms with Crippen molar-refractivity contribution in [3.63, 3.8) is 0 Å². The molecule has 4 rings (SSSR count). The van der Waals surface area contributed by atoms with Gasteiger partial charge in [-0.3, -0.25) is 0 Å². The summed E-state index contributed by atoms with van der Waals surface area (Å²) in [7, 11) is -0.392. The van der Waals surface area contributed by atoms with Crippen molar-refractivity contribution < 1.29 is 18.8 Å². The van der Waals surface area contributed by atoms with Crippen LogP contribution in [0.5, 0.6) is 0 Å². The van der Waals surface area contributed by atoms with Crippen LogP contribution in [-0.4, -0.2) is 61.1 Å². The van der Waals surface area contributed by atoms with E-state index in [4.69, 9.17) is 14.0 Å². The first kappa shape index (κ1) is 22.5. The standard InChI is InChI=1S/C24H37BN2O4/c1-22(2,3)29-21(28)27-14-12-26(13-15-27)20-16-18(17-8-9-17)10-11-19(20)25-30-23(4,5)24(6,7)31-25/h10-11,16-17H,8-9,12-15H2,1-7H3. The predicted molar refractivity (Wildman–Crippen MR) is 124 cm³/mol. The Balaban J connectivity index is 1.54. The van der Waals surface area contributed by atoms with Gasteiger partial charge in [-0.1, -0.05) is 12.1 Å². The summed E-state index contributed by atoms with van der Waals surface area (Å²) < 4.78 is 18.3. The lowest BCUT2D eigenvalue weighted by Gasteiger charge is -2.38. The summed E-state index contributed by atoms with van der Waals surface area (Å²) in [6.45, 7) is 16.9. The SMILES string of the molecule is CC(C)(C)OC(=O)N1CCN(c2cc(C3CC3)ccc2B2OC(C)(C)C(C)(C)O2)CC1. The predicted octanol–water partition coefficient (Wildman–Crippen LogP) is 3.92. The number of nitrogens with zero attached hydrogens (tertiary/aromatic N) is 2. The number of ether oxygens (including phenoxy) is 1. The Morgan fingerprint density at radius 1 is 1.03 bits per heavy atom. The summed E-state index contributed by atoms with van der Waals surface area (Å²) >= 11 is 0. The molecule has 3 aliphatic rings. The molecule has 0 aromatic heterocycles. The highest BCUT2D eigenvalue weighted by Crippen LogP contribution is 2.42. The number of hydrogen-bond acceptors (Lipinski definition) is 5. The highest BCUT2D eigenvalue weighted by molar-refractivity contribution is 6.64. The molecule has 0 spiro atoms. The molecule has 0 N–H and O–H groups in total. The van der Waals surface area contributed by atoms with E-state index in [0.29, 0.717) is 19.0 Å². The van der Waals surface area contributed by atoms with Gasteiger partial charge in [-0.2, -0.15) is 0 Å². The molecule has 1 saturated carbocycles. The molecule has 0 unspecified atom stereocenters. The second-order valence-corrected chi connectivity index (χ2v) is 11.1. The zero-order valence-corrected chi connectivity index (χ0v) is 20.2. The van der Waals surface area contributed by atoms with Crippen LogP contribution < -0.4 is 10.4 Å². The summed E-state index contributed by atoms with van der Waals surface area (Å²) in [5.41, 5.74) is 2.42. The molecule has 0 atom stereocenters. The van der Waals surface area contributed by atoms with Crippen molar-refractivity contribution >= 4 is 24.4 Å². The number of hydrogen-bond donors (Lipinski definition) is 0. The second-order valence-electron chi connectivity index (χ2n) is 11.1. The average Bonchev–Trinajstić information content (AvgIpc) is 3.47. The zero-order valence-electron chi connectivity index (χ0n) is 20.2. The number of amides is 1. The van der Waals surface area contributed by atoms with Crippen LogP contribution in [0.25, 0.3) is 0 Å².